The Morgan fingerprint density at radius 2 is 1.70 bits per heavy atom. The van der Waals surface area contributed by atoms with Gasteiger partial charge >= 0.3 is 6.11 Å². The van der Waals surface area contributed by atoms with Gasteiger partial charge in [0.2, 0.25) is 5.83 Å². The molecule has 0 heterocycles. The quantitative estimate of drug-likeness (QED) is 0.560. The predicted octanol–water partition coefficient (Wildman–Crippen LogP) is 2.40. The maximum atomic E-state index is 11.9. The number of hydrogen-bond donors (Lipinski definition) is 0. The summed E-state index contributed by atoms with van der Waals surface area (Å²) >= 11 is 0. The first-order valence-electron chi connectivity index (χ1n) is 2.37. The summed E-state index contributed by atoms with van der Waals surface area (Å²) in [4.78, 5) is 0. The Hall–Kier alpha value is -0.580. The molecule has 0 bridgehead atoms. The monoisotopic (exact) mass is 158 g/mol. The van der Waals surface area contributed by atoms with Crippen molar-refractivity contribution in [2.24, 2.45) is 0 Å². The molecule has 0 aromatic carbocycles. The van der Waals surface area contributed by atoms with Crippen molar-refractivity contribution in [3.8, 4) is 0 Å². The SMILES string of the molecule is COC(F)(F)/C(F)=C(/C)F. The highest BCUT2D eigenvalue weighted by molar-refractivity contribution is 5.02. The van der Waals surface area contributed by atoms with E-state index < -0.39 is 17.8 Å². The number of ether oxygens (including phenoxy) is 1. The topological polar surface area (TPSA) is 9.23 Å². The molecule has 60 valence electrons. The van der Waals surface area contributed by atoms with Crippen LogP contribution in [-0.2, 0) is 4.74 Å². The van der Waals surface area contributed by atoms with Crippen LogP contribution in [0, 0.1) is 0 Å². The summed E-state index contributed by atoms with van der Waals surface area (Å²) in [5.74, 6) is -3.76. The fraction of sp³-hybridized carbons (Fsp3) is 0.600. The molecule has 5 heteroatoms. The lowest BCUT2D eigenvalue weighted by atomic mass is 10.4. The first kappa shape index (κ1) is 9.42. The minimum absolute atomic E-state index is 0.586. The highest BCUT2D eigenvalue weighted by atomic mass is 19.3. The molecule has 0 N–H and O–H groups in total. The molecule has 0 saturated carbocycles. The van der Waals surface area contributed by atoms with Gasteiger partial charge in [0.05, 0.1) is 0 Å². The smallest absolute Gasteiger partial charge is 0.318 e. The third-order valence-electron chi connectivity index (χ3n) is 0.814. The Bertz CT molecular complexity index is 148. The second-order valence-corrected chi connectivity index (χ2v) is 1.57. The van der Waals surface area contributed by atoms with Gasteiger partial charge in [-0.2, -0.15) is 13.2 Å². The summed E-state index contributed by atoms with van der Waals surface area (Å²) in [6, 6.07) is 0. The van der Waals surface area contributed by atoms with Crippen molar-refractivity contribution < 1.29 is 22.3 Å². The van der Waals surface area contributed by atoms with Gasteiger partial charge in [-0.25, -0.2) is 4.39 Å². The zero-order valence-corrected chi connectivity index (χ0v) is 5.42. The number of hydrogen-bond acceptors (Lipinski definition) is 1. The number of halogens is 4. The van der Waals surface area contributed by atoms with E-state index in [1.54, 1.807) is 0 Å². The van der Waals surface area contributed by atoms with Crippen LogP contribution in [0.4, 0.5) is 17.6 Å². The molecule has 0 saturated heterocycles. The maximum Gasteiger partial charge on any atom is 0.411 e. The van der Waals surface area contributed by atoms with Crippen LogP contribution in [-0.4, -0.2) is 13.2 Å². The first-order chi connectivity index (χ1) is 4.41. The van der Waals surface area contributed by atoms with Crippen LogP contribution in [0.3, 0.4) is 0 Å². The summed E-state index contributed by atoms with van der Waals surface area (Å²) in [5, 5.41) is 0. The van der Waals surface area contributed by atoms with Crippen molar-refractivity contribution in [1.29, 1.82) is 0 Å². The van der Waals surface area contributed by atoms with Gasteiger partial charge < -0.3 is 4.74 Å². The van der Waals surface area contributed by atoms with Gasteiger partial charge in [0.1, 0.15) is 5.83 Å². The molecule has 0 atom stereocenters. The van der Waals surface area contributed by atoms with Crippen molar-refractivity contribution in [2.75, 3.05) is 7.11 Å². The third-order valence-corrected chi connectivity index (χ3v) is 0.814. The molecule has 0 aliphatic carbocycles. The lowest BCUT2D eigenvalue weighted by Gasteiger charge is -2.10. The Balaban J connectivity index is 4.49. The molecule has 0 aliphatic rings. The van der Waals surface area contributed by atoms with E-state index in [1.165, 1.54) is 0 Å². The van der Waals surface area contributed by atoms with Gasteiger partial charge in [0, 0.05) is 7.11 Å². The lowest BCUT2D eigenvalue weighted by molar-refractivity contribution is -0.204. The number of alkyl halides is 2. The third kappa shape index (κ3) is 1.98. The van der Waals surface area contributed by atoms with E-state index in [4.69, 9.17) is 0 Å². The molecule has 0 aromatic heterocycles. The number of allylic oxidation sites excluding steroid dienone is 1. The van der Waals surface area contributed by atoms with Crippen molar-refractivity contribution in [3.63, 3.8) is 0 Å². The van der Waals surface area contributed by atoms with Gasteiger partial charge in [-0.3, -0.25) is 0 Å². The van der Waals surface area contributed by atoms with E-state index in [9.17, 15) is 17.6 Å². The van der Waals surface area contributed by atoms with E-state index in [2.05, 4.69) is 4.74 Å². The summed E-state index contributed by atoms with van der Waals surface area (Å²) in [5.41, 5.74) is 0. The Kier molecular flexibility index (Phi) is 2.83. The molecule has 10 heavy (non-hydrogen) atoms. The molecule has 0 amide bonds. The molecule has 0 spiro atoms. The van der Waals surface area contributed by atoms with Crippen LogP contribution in [0.5, 0.6) is 0 Å². The Morgan fingerprint density at radius 1 is 1.30 bits per heavy atom. The molecule has 0 unspecified atom stereocenters. The fourth-order valence-electron chi connectivity index (χ4n) is 0.290. The van der Waals surface area contributed by atoms with Gasteiger partial charge in [0.25, 0.3) is 0 Å². The standard InChI is InChI=1S/C5H6F4O/c1-3(6)4(7)5(8,9)10-2/h1-2H3/b4-3+. The first-order valence-corrected chi connectivity index (χ1v) is 2.37. The largest absolute Gasteiger partial charge is 0.411 e. The summed E-state index contributed by atoms with van der Waals surface area (Å²) in [6.45, 7) is 0.586. The fourth-order valence-corrected chi connectivity index (χ4v) is 0.290. The summed E-state index contributed by atoms with van der Waals surface area (Å²) in [7, 11) is 0.586. The highest BCUT2D eigenvalue weighted by Gasteiger charge is 2.37. The predicted molar refractivity (Wildman–Crippen MR) is 26.9 cm³/mol. The van der Waals surface area contributed by atoms with E-state index in [0.29, 0.717) is 14.0 Å². The van der Waals surface area contributed by atoms with Crippen LogP contribution >= 0.6 is 0 Å². The molecular formula is C5H6F4O. The van der Waals surface area contributed by atoms with E-state index >= 15 is 0 Å². The molecule has 0 aromatic rings. The summed E-state index contributed by atoms with van der Waals surface area (Å²) in [6.07, 6.45) is -4.14. The zero-order valence-electron chi connectivity index (χ0n) is 5.42. The van der Waals surface area contributed by atoms with E-state index in [1.807, 2.05) is 0 Å². The van der Waals surface area contributed by atoms with Gasteiger partial charge in [0.15, 0.2) is 0 Å². The van der Waals surface area contributed by atoms with Gasteiger partial charge in [-0.05, 0) is 6.92 Å². The number of rotatable bonds is 2. The average molecular weight is 158 g/mol. The van der Waals surface area contributed by atoms with Crippen molar-refractivity contribution in [2.45, 2.75) is 13.0 Å². The van der Waals surface area contributed by atoms with Crippen LogP contribution < -0.4 is 0 Å². The van der Waals surface area contributed by atoms with Crippen LogP contribution in [0.25, 0.3) is 0 Å². The van der Waals surface area contributed by atoms with Gasteiger partial charge in [-0.1, -0.05) is 0 Å². The number of methoxy groups -OCH3 is 1. The molecule has 0 radical (unpaired) electrons. The molecular weight excluding hydrogens is 152 g/mol. The normalized spacial score (nSPS) is 15.0. The van der Waals surface area contributed by atoms with E-state index in [0.717, 1.165) is 0 Å². The van der Waals surface area contributed by atoms with Crippen molar-refractivity contribution in [3.05, 3.63) is 11.7 Å². The Morgan fingerprint density at radius 3 is 1.80 bits per heavy atom. The molecule has 1 nitrogen and oxygen atoms in total. The maximum absolute atomic E-state index is 11.9. The minimum Gasteiger partial charge on any atom is -0.318 e. The van der Waals surface area contributed by atoms with Crippen LogP contribution in [0.15, 0.2) is 11.7 Å². The van der Waals surface area contributed by atoms with Crippen molar-refractivity contribution >= 4 is 0 Å². The minimum atomic E-state index is -4.14. The second kappa shape index (κ2) is 3.01. The van der Waals surface area contributed by atoms with Crippen LogP contribution in [0.2, 0.25) is 0 Å². The second-order valence-electron chi connectivity index (χ2n) is 1.57. The molecule has 0 aliphatic heterocycles. The Labute approximate surface area is 55.3 Å². The van der Waals surface area contributed by atoms with E-state index in [-0.39, 0.29) is 0 Å². The lowest BCUT2D eigenvalue weighted by Crippen LogP contribution is -2.19. The van der Waals surface area contributed by atoms with Gasteiger partial charge in [-0.15, -0.1) is 0 Å². The summed E-state index contributed by atoms with van der Waals surface area (Å²) < 4.78 is 50.8. The van der Waals surface area contributed by atoms with Crippen molar-refractivity contribution in [1.82, 2.24) is 0 Å². The molecule has 0 rings (SSSR count). The van der Waals surface area contributed by atoms with Crippen LogP contribution in [0.1, 0.15) is 6.92 Å². The highest BCUT2D eigenvalue weighted by Crippen LogP contribution is 2.28. The molecule has 0 fully saturated rings. The average Bonchev–Trinajstić information content (AvgIpc) is 1.86. The zero-order chi connectivity index (χ0) is 8.36.